The smallest absolute Gasteiger partial charge is 0.231 e. The minimum atomic E-state index is -0.444. The summed E-state index contributed by atoms with van der Waals surface area (Å²) in [5.41, 5.74) is 14.1. The number of nitrogens with two attached hydrogens (primary N) is 2. The van der Waals surface area contributed by atoms with Crippen molar-refractivity contribution in [2.45, 2.75) is 25.8 Å². The third kappa shape index (κ3) is 4.82. The number of hydrogen-bond donors (Lipinski definition) is 4. The molecule has 6 N–H and O–H groups in total. The van der Waals surface area contributed by atoms with Crippen LogP contribution in [0.1, 0.15) is 30.5 Å². The number of likely N-dealkylation sites (tertiary alicyclic amines) is 1. The molecule has 1 fully saturated rings. The van der Waals surface area contributed by atoms with Gasteiger partial charge in [-0.25, -0.2) is 0 Å². The summed E-state index contributed by atoms with van der Waals surface area (Å²) in [5.74, 6) is 5.11. The number of aromatic nitrogens is 2. The van der Waals surface area contributed by atoms with Crippen molar-refractivity contribution in [3.8, 4) is 11.1 Å². The van der Waals surface area contributed by atoms with Crippen molar-refractivity contribution in [2.75, 3.05) is 29.6 Å². The Morgan fingerprint density at radius 3 is 2.61 bits per heavy atom. The van der Waals surface area contributed by atoms with Gasteiger partial charge < -0.3 is 16.5 Å². The third-order valence-corrected chi connectivity index (χ3v) is 5.59. The highest BCUT2D eigenvalue weighted by Gasteiger charge is 2.20. The van der Waals surface area contributed by atoms with Gasteiger partial charge in [-0.3, -0.25) is 25.5 Å². The van der Waals surface area contributed by atoms with Crippen molar-refractivity contribution in [1.29, 1.82) is 0 Å². The van der Waals surface area contributed by atoms with Gasteiger partial charge in [-0.1, -0.05) is 6.07 Å². The molecule has 8 nitrogen and oxygen atoms in total. The van der Waals surface area contributed by atoms with Crippen molar-refractivity contribution in [1.82, 2.24) is 14.9 Å². The van der Waals surface area contributed by atoms with Crippen LogP contribution >= 0.6 is 0 Å². The second-order valence-electron chi connectivity index (χ2n) is 7.83. The van der Waals surface area contributed by atoms with Crippen LogP contribution in [0.3, 0.4) is 0 Å². The van der Waals surface area contributed by atoms with E-state index in [-0.39, 0.29) is 5.91 Å². The number of benzene rings is 1. The predicted molar refractivity (Wildman–Crippen MR) is 123 cm³/mol. The van der Waals surface area contributed by atoms with Crippen LogP contribution in [0.4, 0.5) is 17.1 Å². The van der Waals surface area contributed by atoms with E-state index in [1.165, 1.54) is 6.42 Å². The van der Waals surface area contributed by atoms with Gasteiger partial charge in [0, 0.05) is 24.5 Å². The molecule has 4 rings (SSSR count). The van der Waals surface area contributed by atoms with Crippen LogP contribution in [0.2, 0.25) is 0 Å². The maximum Gasteiger partial charge on any atom is 0.231 e. The molecule has 0 aliphatic carbocycles. The molecule has 0 bridgehead atoms. The lowest BCUT2D eigenvalue weighted by Crippen LogP contribution is -2.36. The van der Waals surface area contributed by atoms with Crippen molar-refractivity contribution in [3.63, 3.8) is 0 Å². The highest BCUT2D eigenvalue weighted by Crippen LogP contribution is 2.31. The van der Waals surface area contributed by atoms with Gasteiger partial charge in [0.05, 0.1) is 34.9 Å². The van der Waals surface area contributed by atoms with Crippen molar-refractivity contribution in [2.24, 2.45) is 5.84 Å². The topological polar surface area (TPSA) is 122 Å². The fourth-order valence-corrected chi connectivity index (χ4v) is 3.60. The molecule has 1 amide bonds. The Morgan fingerprint density at radius 2 is 1.97 bits per heavy atom. The SMILES string of the molecule is CC(C(=O)Nc1ccc(CN2CCC2)nc1)c1cc(-c2cncc(N)c2)ccc1NN. The minimum Gasteiger partial charge on any atom is -0.397 e. The second kappa shape index (κ2) is 9.11. The van der Waals surface area contributed by atoms with E-state index in [0.29, 0.717) is 17.1 Å². The van der Waals surface area contributed by atoms with E-state index < -0.39 is 5.92 Å². The standard InChI is InChI=1S/C23H27N7O/c1-15(23(31)28-19-4-5-20(27-13-19)14-30-7-2-8-30)21-10-16(3-6-22(21)29-25)17-9-18(24)12-26-11-17/h3-6,9-13,15,29H,2,7-8,14,24-25H2,1H3,(H,28,31). The van der Waals surface area contributed by atoms with Gasteiger partial charge in [0.15, 0.2) is 0 Å². The first-order valence-electron chi connectivity index (χ1n) is 10.3. The lowest BCUT2D eigenvalue weighted by atomic mass is 9.94. The number of nitrogen functional groups attached to an aromatic ring is 2. The van der Waals surface area contributed by atoms with Gasteiger partial charge in [0.2, 0.25) is 5.91 Å². The fourth-order valence-electron chi connectivity index (χ4n) is 3.60. The molecular formula is C23H27N7O. The summed E-state index contributed by atoms with van der Waals surface area (Å²) in [5, 5.41) is 2.95. The zero-order chi connectivity index (χ0) is 21.8. The van der Waals surface area contributed by atoms with E-state index in [1.807, 2.05) is 43.3 Å². The molecule has 0 saturated carbocycles. The minimum absolute atomic E-state index is 0.142. The number of amides is 1. The molecule has 1 unspecified atom stereocenters. The van der Waals surface area contributed by atoms with E-state index in [1.54, 1.807) is 18.6 Å². The number of rotatable bonds is 7. The molecule has 1 saturated heterocycles. The van der Waals surface area contributed by atoms with Crippen LogP contribution in [-0.2, 0) is 11.3 Å². The first-order chi connectivity index (χ1) is 15.0. The maximum atomic E-state index is 13.0. The largest absolute Gasteiger partial charge is 0.397 e. The number of hydrazine groups is 1. The number of carbonyl (C=O) groups is 1. The highest BCUT2D eigenvalue weighted by molar-refractivity contribution is 5.96. The molecule has 160 valence electrons. The molecule has 3 heterocycles. The third-order valence-electron chi connectivity index (χ3n) is 5.59. The Morgan fingerprint density at radius 1 is 1.13 bits per heavy atom. The van der Waals surface area contributed by atoms with Crippen LogP contribution in [0.25, 0.3) is 11.1 Å². The molecular weight excluding hydrogens is 390 g/mol. The lowest BCUT2D eigenvalue weighted by Gasteiger charge is -2.30. The maximum absolute atomic E-state index is 13.0. The number of anilines is 3. The normalized spacial score (nSPS) is 14.5. The number of hydrogen-bond acceptors (Lipinski definition) is 7. The molecule has 8 heteroatoms. The van der Waals surface area contributed by atoms with Gasteiger partial charge in [0.25, 0.3) is 0 Å². The van der Waals surface area contributed by atoms with Crippen molar-refractivity contribution in [3.05, 3.63) is 66.2 Å². The summed E-state index contributed by atoms with van der Waals surface area (Å²) < 4.78 is 0. The summed E-state index contributed by atoms with van der Waals surface area (Å²) in [4.78, 5) is 23.9. The Kier molecular flexibility index (Phi) is 6.11. The summed E-state index contributed by atoms with van der Waals surface area (Å²) in [7, 11) is 0. The summed E-state index contributed by atoms with van der Waals surface area (Å²) >= 11 is 0. The van der Waals surface area contributed by atoms with Gasteiger partial charge >= 0.3 is 0 Å². The van der Waals surface area contributed by atoms with E-state index >= 15 is 0 Å². The summed E-state index contributed by atoms with van der Waals surface area (Å²) in [6, 6.07) is 11.4. The zero-order valence-corrected chi connectivity index (χ0v) is 17.5. The first kappa shape index (κ1) is 20.8. The van der Waals surface area contributed by atoms with E-state index in [2.05, 4.69) is 25.6 Å². The van der Waals surface area contributed by atoms with E-state index in [9.17, 15) is 4.79 Å². The molecule has 1 atom stereocenters. The van der Waals surface area contributed by atoms with E-state index in [4.69, 9.17) is 11.6 Å². The number of nitrogens with one attached hydrogen (secondary N) is 2. The molecule has 1 aromatic carbocycles. The average Bonchev–Trinajstić information content (AvgIpc) is 2.76. The average molecular weight is 418 g/mol. The fraction of sp³-hybridized carbons (Fsp3) is 0.261. The zero-order valence-electron chi connectivity index (χ0n) is 17.5. The monoisotopic (exact) mass is 417 g/mol. The summed E-state index contributed by atoms with van der Waals surface area (Å²) in [6.45, 7) is 4.94. The predicted octanol–water partition coefficient (Wildman–Crippen LogP) is 2.96. The van der Waals surface area contributed by atoms with Crippen LogP contribution in [-0.4, -0.2) is 33.9 Å². The molecule has 3 aromatic rings. The van der Waals surface area contributed by atoms with Crippen LogP contribution in [0.5, 0.6) is 0 Å². The quantitative estimate of drug-likeness (QED) is 0.344. The Bertz CT molecular complexity index is 1060. The highest BCUT2D eigenvalue weighted by atomic mass is 16.1. The van der Waals surface area contributed by atoms with Gasteiger partial charge in [-0.15, -0.1) is 0 Å². The van der Waals surface area contributed by atoms with Crippen molar-refractivity contribution >= 4 is 23.0 Å². The molecule has 0 spiro atoms. The Hall–Kier alpha value is -3.49. The number of nitrogens with zero attached hydrogens (tertiary/aromatic N) is 3. The van der Waals surface area contributed by atoms with Crippen LogP contribution in [0.15, 0.2) is 55.0 Å². The molecule has 1 aliphatic rings. The number of pyridine rings is 2. The Balaban J connectivity index is 1.50. The van der Waals surface area contributed by atoms with Gasteiger partial charge in [-0.2, -0.15) is 0 Å². The second-order valence-corrected chi connectivity index (χ2v) is 7.83. The van der Waals surface area contributed by atoms with Crippen LogP contribution < -0.4 is 22.3 Å². The Labute approximate surface area is 181 Å². The number of carbonyl (C=O) groups excluding carboxylic acids is 1. The molecule has 1 aliphatic heterocycles. The van der Waals surface area contributed by atoms with Crippen molar-refractivity contribution < 1.29 is 4.79 Å². The molecule has 0 radical (unpaired) electrons. The molecule has 31 heavy (non-hydrogen) atoms. The van der Waals surface area contributed by atoms with E-state index in [0.717, 1.165) is 42.0 Å². The van der Waals surface area contributed by atoms with Crippen LogP contribution in [0, 0.1) is 0 Å². The van der Waals surface area contributed by atoms with Gasteiger partial charge in [-0.05, 0) is 67.9 Å². The lowest BCUT2D eigenvalue weighted by molar-refractivity contribution is -0.117. The molecule has 2 aromatic heterocycles. The first-order valence-corrected chi connectivity index (χ1v) is 10.3. The van der Waals surface area contributed by atoms with Gasteiger partial charge in [0.1, 0.15) is 0 Å². The summed E-state index contributed by atoms with van der Waals surface area (Å²) in [6.07, 6.45) is 6.29.